The molecular weight excluding hydrogens is 320 g/mol. The van der Waals surface area contributed by atoms with Crippen LogP contribution >= 0.6 is 15.9 Å². The fourth-order valence-corrected chi connectivity index (χ4v) is 2.26. The van der Waals surface area contributed by atoms with Gasteiger partial charge in [-0.2, -0.15) is 0 Å². The van der Waals surface area contributed by atoms with Crippen LogP contribution in [0.2, 0.25) is 0 Å². The Kier molecular flexibility index (Phi) is 3.99. The van der Waals surface area contributed by atoms with Gasteiger partial charge >= 0.3 is 0 Å². The number of aromatic nitrogens is 1. The maximum absolute atomic E-state index is 5.42. The summed E-state index contributed by atoms with van der Waals surface area (Å²) in [6, 6.07) is 12.0. The van der Waals surface area contributed by atoms with E-state index in [4.69, 9.17) is 8.83 Å². The summed E-state index contributed by atoms with van der Waals surface area (Å²) in [5.41, 5.74) is 2.24. The second-order valence-electron chi connectivity index (χ2n) is 4.37. The summed E-state index contributed by atoms with van der Waals surface area (Å²) in [7, 11) is 0. The molecule has 0 aliphatic rings. The fraction of sp³-hybridized carbons (Fsp3) is 0.133. The lowest BCUT2D eigenvalue weighted by Gasteiger charge is -2.04. The molecule has 1 N–H and O–H groups in total. The number of halogens is 1. The molecule has 3 rings (SSSR count). The van der Waals surface area contributed by atoms with Gasteiger partial charge in [0.2, 0.25) is 0 Å². The Morgan fingerprint density at radius 2 is 1.90 bits per heavy atom. The van der Waals surface area contributed by atoms with Crippen molar-refractivity contribution in [3.05, 3.63) is 65.0 Å². The quantitative estimate of drug-likeness (QED) is 0.767. The fourth-order valence-electron chi connectivity index (χ4n) is 1.92. The van der Waals surface area contributed by atoms with E-state index >= 15 is 0 Å². The van der Waals surface area contributed by atoms with Gasteiger partial charge in [0.1, 0.15) is 5.76 Å². The highest BCUT2D eigenvalue weighted by Gasteiger charge is 2.02. The third-order valence-electron chi connectivity index (χ3n) is 2.93. The first-order valence-corrected chi connectivity index (χ1v) is 7.03. The van der Waals surface area contributed by atoms with Gasteiger partial charge in [-0.1, -0.05) is 24.3 Å². The van der Waals surface area contributed by atoms with Crippen molar-refractivity contribution in [3.63, 3.8) is 0 Å². The molecule has 4 nitrogen and oxygen atoms in total. The number of nitrogens with one attached hydrogen (secondary N) is 1. The molecule has 0 saturated heterocycles. The topological polar surface area (TPSA) is 51.2 Å². The van der Waals surface area contributed by atoms with Crippen LogP contribution in [0.15, 0.2) is 62.5 Å². The molecule has 2 heterocycles. The largest absolute Gasteiger partial charge is 0.453 e. The molecule has 1 aromatic carbocycles. The molecule has 0 aliphatic heterocycles. The zero-order valence-electron chi connectivity index (χ0n) is 10.7. The van der Waals surface area contributed by atoms with E-state index in [1.54, 1.807) is 6.20 Å². The summed E-state index contributed by atoms with van der Waals surface area (Å²) in [6.45, 7) is 1.49. The maximum atomic E-state index is 5.42. The highest BCUT2D eigenvalue weighted by Crippen LogP contribution is 2.19. The summed E-state index contributed by atoms with van der Waals surface area (Å²) in [6.07, 6.45) is 3.15. The SMILES string of the molecule is Brc1ccc(CNCc2ccc(-c3cnco3)cc2)o1. The number of hydrogen-bond donors (Lipinski definition) is 1. The number of furan rings is 1. The second-order valence-corrected chi connectivity index (χ2v) is 5.15. The van der Waals surface area contributed by atoms with E-state index in [2.05, 4.69) is 38.4 Å². The minimum absolute atomic E-state index is 0.704. The van der Waals surface area contributed by atoms with Crippen LogP contribution < -0.4 is 5.32 Å². The van der Waals surface area contributed by atoms with E-state index in [1.807, 2.05) is 24.3 Å². The van der Waals surface area contributed by atoms with E-state index in [9.17, 15) is 0 Å². The van der Waals surface area contributed by atoms with Gasteiger partial charge in [-0.3, -0.25) is 0 Å². The van der Waals surface area contributed by atoms with Crippen molar-refractivity contribution in [2.75, 3.05) is 0 Å². The zero-order chi connectivity index (χ0) is 13.8. The van der Waals surface area contributed by atoms with E-state index in [0.717, 1.165) is 28.3 Å². The first-order valence-electron chi connectivity index (χ1n) is 6.24. The third kappa shape index (κ3) is 3.18. The number of oxazole rings is 1. The number of rotatable bonds is 5. The summed E-state index contributed by atoms with van der Waals surface area (Å²) in [4.78, 5) is 3.91. The molecule has 0 saturated carbocycles. The molecule has 3 aromatic rings. The smallest absolute Gasteiger partial charge is 0.181 e. The Labute approximate surface area is 125 Å². The lowest BCUT2D eigenvalue weighted by atomic mass is 10.1. The average Bonchev–Trinajstić information content (AvgIpc) is 3.11. The van der Waals surface area contributed by atoms with Gasteiger partial charge in [0, 0.05) is 12.1 Å². The van der Waals surface area contributed by atoms with Crippen molar-refractivity contribution in [2.45, 2.75) is 13.1 Å². The van der Waals surface area contributed by atoms with E-state index in [-0.39, 0.29) is 0 Å². The Bertz CT molecular complexity index is 660. The molecule has 0 aliphatic carbocycles. The van der Waals surface area contributed by atoms with Crippen LogP contribution in [0.5, 0.6) is 0 Å². The monoisotopic (exact) mass is 332 g/mol. The lowest BCUT2D eigenvalue weighted by Crippen LogP contribution is -2.11. The van der Waals surface area contributed by atoms with Crippen molar-refractivity contribution in [2.24, 2.45) is 0 Å². The minimum Gasteiger partial charge on any atom is -0.453 e. The van der Waals surface area contributed by atoms with Gasteiger partial charge in [-0.25, -0.2) is 4.98 Å². The molecule has 0 fully saturated rings. The lowest BCUT2D eigenvalue weighted by molar-refractivity contribution is 0.465. The second kappa shape index (κ2) is 6.07. The Balaban J connectivity index is 1.56. The summed E-state index contributed by atoms with van der Waals surface area (Å²) >= 11 is 3.29. The molecule has 0 unspecified atom stereocenters. The molecule has 0 atom stereocenters. The van der Waals surface area contributed by atoms with E-state index in [1.165, 1.54) is 12.0 Å². The predicted molar refractivity (Wildman–Crippen MR) is 78.9 cm³/mol. The van der Waals surface area contributed by atoms with E-state index in [0.29, 0.717) is 6.54 Å². The average molecular weight is 333 g/mol. The van der Waals surface area contributed by atoms with Crippen LogP contribution in [0.3, 0.4) is 0 Å². The van der Waals surface area contributed by atoms with Gasteiger partial charge < -0.3 is 14.2 Å². The summed E-state index contributed by atoms with van der Waals surface area (Å²) in [5.74, 6) is 1.69. The summed E-state index contributed by atoms with van der Waals surface area (Å²) in [5, 5.41) is 3.34. The van der Waals surface area contributed by atoms with E-state index < -0.39 is 0 Å². The first-order chi connectivity index (χ1) is 9.81. The number of nitrogens with zero attached hydrogens (tertiary/aromatic N) is 1. The third-order valence-corrected chi connectivity index (χ3v) is 3.35. The molecule has 102 valence electrons. The molecule has 20 heavy (non-hydrogen) atoms. The van der Waals surface area contributed by atoms with Gasteiger partial charge in [0.15, 0.2) is 16.8 Å². The minimum atomic E-state index is 0.704. The Morgan fingerprint density at radius 3 is 2.55 bits per heavy atom. The summed E-state index contributed by atoms with van der Waals surface area (Å²) < 4.78 is 11.4. The first kappa shape index (κ1) is 13.1. The molecule has 0 radical (unpaired) electrons. The molecule has 2 aromatic heterocycles. The standard InChI is InChI=1S/C15H13BrN2O2/c16-15-6-5-13(20-15)8-17-7-11-1-3-12(4-2-11)14-9-18-10-19-14/h1-6,9-10,17H,7-8H2. The highest BCUT2D eigenvalue weighted by atomic mass is 79.9. The normalized spacial score (nSPS) is 10.8. The Hall–Kier alpha value is -1.85. The molecule has 5 heteroatoms. The van der Waals surface area contributed by atoms with Crippen molar-refractivity contribution in [1.82, 2.24) is 10.3 Å². The molecule has 0 amide bonds. The van der Waals surface area contributed by atoms with Crippen LogP contribution in [0, 0.1) is 0 Å². The number of benzene rings is 1. The highest BCUT2D eigenvalue weighted by molar-refractivity contribution is 9.10. The maximum Gasteiger partial charge on any atom is 0.181 e. The molecule has 0 bridgehead atoms. The van der Waals surface area contributed by atoms with Crippen molar-refractivity contribution < 1.29 is 8.83 Å². The van der Waals surface area contributed by atoms with Crippen molar-refractivity contribution in [3.8, 4) is 11.3 Å². The van der Waals surface area contributed by atoms with Crippen LogP contribution in [0.25, 0.3) is 11.3 Å². The van der Waals surface area contributed by atoms with Gasteiger partial charge in [-0.05, 0) is 33.6 Å². The molecular formula is C15H13BrN2O2. The van der Waals surface area contributed by atoms with Crippen LogP contribution in [0.1, 0.15) is 11.3 Å². The van der Waals surface area contributed by atoms with Gasteiger partial charge in [-0.15, -0.1) is 0 Å². The van der Waals surface area contributed by atoms with Gasteiger partial charge in [0.25, 0.3) is 0 Å². The predicted octanol–water partition coefficient (Wildman–Crippen LogP) is 3.99. The van der Waals surface area contributed by atoms with Crippen LogP contribution in [0.4, 0.5) is 0 Å². The van der Waals surface area contributed by atoms with Crippen LogP contribution in [-0.4, -0.2) is 4.98 Å². The van der Waals surface area contributed by atoms with Gasteiger partial charge in [0.05, 0.1) is 12.7 Å². The molecule has 0 spiro atoms. The number of hydrogen-bond acceptors (Lipinski definition) is 4. The van der Waals surface area contributed by atoms with Crippen LogP contribution in [-0.2, 0) is 13.1 Å². The zero-order valence-corrected chi connectivity index (χ0v) is 12.3. The Morgan fingerprint density at radius 1 is 1.05 bits per heavy atom. The van der Waals surface area contributed by atoms with Crippen molar-refractivity contribution in [1.29, 1.82) is 0 Å². The van der Waals surface area contributed by atoms with Crippen molar-refractivity contribution >= 4 is 15.9 Å².